The van der Waals surface area contributed by atoms with Crippen molar-refractivity contribution in [2.24, 2.45) is 0 Å². The van der Waals surface area contributed by atoms with E-state index in [1.54, 1.807) is 0 Å². The lowest BCUT2D eigenvalue weighted by atomic mass is 10.1. The zero-order valence-corrected chi connectivity index (χ0v) is 8.25. The second kappa shape index (κ2) is 3.21. The zero-order chi connectivity index (χ0) is 6.78. The molecule has 0 fully saturated rings. The van der Waals surface area contributed by atoms with Gasteiger partial charge in [0.25, 0.3) is 0 Å². The molecule has 0 aliphatic heterocycles. The predicted molar refractivity (Wildman–Crippen MR) is 47.7 cm³/mol. The van der Waals surface area contributed by atoms with Gasteiger partial charge in [0.1, 0.15) is 0 Å². The fourth-order valence-electron chi connectivity index (χ4n) is 0.158. The van der Waals surface area contributed by atoms with Crippen molar-refractivity contribution in [3.05, 3.63) is 0 Å². The van der Waals surface area contributed by atoms with Gasteiger partial charge in [0.15, 0.2) is 0 Å². The fourth-order valence-corrected chi connectivity index (χ4v) is 1.42. The van der Waals surface area contributed by atoms with Gasteiger partial charge >= 0.3 is 0 Å². The molecule has 0 bridgehead atoms. The fraction of sp³-hybridized carbons (Fsp3) is 1.00. The quantitative estimate of drug-likeness (QED) is 0.470. The number of hydrogen-bond acceptors (Lipinski definition) is 2. The van der Waals surface area contributed by atoms with E-state index in [4.69, 9.17) is 11.8 Å². The maximum atomic E-state index is 4.86. The molecule has 0 saturated carbocycles. The molecular weight excluding hydrogens is 157 g/mol. The van der Waals surface area contributed by atoms with E-state index < -0.39 is 0 Å². The molecule has 0 aromatic rings. The predicted octanol–water partition coefficient (Wildman–Crippen LogP) is 1.72. The van der Waals surface area contributed by atoms with Crippen molar-refractivity contribution < 1.29 is 0 Å². The minimum Gasteiger partial charge on any atom is -0.223 e. The van der Waals surface area contributed by atoms with E-state index in [-0.39, 0.29) is 13.0 Å². The van der Waals surface area contributed by atoms with Crippen molar-refractivity contribution in [1.29, 1.82) is 0 Å². The van der Waals surface area contributed by atoms with E-state index >= 15 is 0 Å². The molecule has 0 aliphatic rings. The van der Waals surface area contributed by atoms with Crippen LogP contribution in [0.25, 0.3) is 0 Å². The maximum Gasteiger partial charge on any atom is 0.0270 e. The molecule has 0 aromatic heterocycles. The third-order valence-electron chi connectivity index (χ3n) is 0.787. The van der Waals surface area contributed by atoms with E-state index in [1.165, 1.54) is 0 Å². The summed E-state index contributed by atoms with van der Waals surface area (Å²) < 4.78 is 1.91. The SMILES string of the molecule is CC(C)(C)N(S)[PH2]=S. The summed E-state index contributed by atoms with van der Waals surface area (Å²) in [6, 6.07) is 0. The second-order valence-electron chi connectivity index (χ2n) is 2.62. The van der Waals surface area contributed by atoms with Crippen LogP contribution in [-0.4, -0.2) is 9.61 Å². The second-order valence-corrected chi connectivity index (χ2v) is 4.85. The van der Waals surface area contributed by atoms with Crippen molar-refractivity contribution >= 4 is 32.1 Å². The van der Waals surface area contributed by atoms with Gasteiger partial charge in [-0.05, 0) is 20.8 Å². The molecule has 4 heteroatoms. The highest BCUT2D eigenvalue weighted by Crippen LogP contribution is 2.22. The molecule has 50 valence electrons. The van der Waals surface area contributed by atoms with Crippen LogP contribution < -0.4 is 0 Å². The summed E-state index contributed by atoms with van der Waals surface area (Å²) in [4.78, 5) is 0. The molecule has 0 amide bonds. The highest BCUT2D eigenvalue weighted by molar-refractivity contribution is 8.00. The summed E-state index contributed by atoms with van der Waals surface area (Å²) in [7, 11) is -0.0606. The van der Waals surface area contributed by atoms with Crippen LogP contribution in [0.3, 0.4) is 0 Å². The molecule has 0 saturated heterocycles. The average molecular weight is 169 g/mol. The first kappa shape index (κ1) is 8.96. The number of nitrogens with zero attached hydrogens (tertiary/aromatic N) is 1. The van der Waals surface area contributed by atoms with Gasteiger partial charge in [0.05, 0.1) is 0 Å². The molecule has 0 heterocycles. The van der Waals surface area contributed by atoms with E-state index in [2.05, 4.69) is 33.6 Å². The first-order chi connectivity index (χ1) is 3.48. The summed E-state index contributed by atoms with van der Waals surface area (Å²) >= 11 is 9.03. The molecule has 0 N–H and O–H groups in total. The minimum atomic E-state index is -0.0606. The molecule has 0 rings (SSSR count). The lowest BCUT2D eigenvalue weighted by molar-refractivity contribution is 0.414. The molecule has 0 aromatic carbocycles. The Kier molecular flexibility index (Phi) is 3.60. The summed E-state index contributed by atoms with van der Waals surface area (Å²) in [5.74, 6) is 0. The van der Waals surface area contributed by atoms with Crippen LogP contribution in [0.1, 0.15) is 20.8 Å². The van der Waals surface area contributed by atoms with Crippen LogP contribution in [0, 0.1) is 0 Å². The Morgan fingerprint density at radius 2 is 1.88 bits per heavy atom. The Balaban J connectivity index is 3.80. The van der Waals surface area contributed by atoms with Crippen molar-refractivity contribution in [3.63, 3.8) is 0 Å². The van der Waals surface area contributed by atoms with Crippen molar-refractivity contribution in [2.75, 3.05) is 0 Å². The standard InChI is InChI=1S/C4H12NPS2/c1-4(2,3)5(7)6-8/h7H,6H2,1-3H3. The Bertz CT molecular complexity index is 88.5. The van der Waals surface area contributed by atoms with E-state index in [1.807, 2.05) is 4.08 Å². The molecule has 1 atom stereocenters. The van der Waals surface area contributed by atoms with Crippen LogP contribution in [-0.2, 0) is 11.8 Å². The summed E-state index contributed by atoms with van der Waals surface area (Å²) in [5, 5.41) is 0. The molecule has 0 radical (unpaired) electrons. The largest absolute Gasteiger partial charge is 0.223 e. The summed E-state index contributed by atoms with van der Waals surface area (Å²) in [6.07, 6.45) is 0. The Morgan fingerprint density at radius 1 is 1.50 bits per heavy atom. The first-order valence-electron chi connectivity index (χ1n) is 2.42. The van der Waals surface area contributed by atoms with Gasteiger partial charge in [-0.1, -0.05) is 24.6 Å². The van der Waals surface area contributed by atoms with Crippen molar-refractivity contribution in [3.8, 4) is 0 Å². The van der Waals surface area contributed by atoms with Crippen LogP contribution in [0.2, 0.25) is 0 Å². The lowest BCUT2D eigenvalue weighted by Gasteiger charge is -2.26. The summed E-state index contributed by atoms with van der Waals surface area (Å²) in [6.45, 7) is 6.29. The van der Waals surface area contributed by atoms with Gasteiger partial charge in [-0.3, -0.25) is 0 Å². The van der Waals surface area contributed by atoms with Crippen molar-refractivity contribution in [2.45, 2.75) is 26.3 Å². The Hall–Kier alpha value is 0.960. The van der Waals surface area contributed by atoms with Crippen LogP contribution >= 0.6 is 20.3 Å². The number of rotatable bonds is 1. The van der Waals surface area contributed by atoms with E-state index in [9.17, 15) is 0 Å². The van der Waals surface area contributed by atoms with E-state index in [0.717, 1.165) is 0 Å². The van der Waals surface area contributed by atoms with Gasteiger partial charge in [0.2, 0.25) is 0 Å². The summed E-state index contributed by atoms with van der Waals surface area (Å²) in [5.41, 5.74) is 0.139. The molecule has 1 nitrogen and oxygen atoms in total. The van der Waals surface area contributed by atoms with Crippen LogP contribution in [0.5, 0.6) is 0 Å². The molecule has 8 heavy (non-hydrogen) atoms. The van der Waals surface area contributed by atoms with Gasteiger partial charge in [-0.2, -0.15) is 0 Å². The minimum absolute atomic E-state index is 0.0606. The average Bonchev–Trinajstić information content (AvgIpc) is 1.62. The molecule has 0 spiro atoms. The number of thiol groups is 1. The zero-order valence-electron chi connectivity index (χ0n) is 5.38. The normalized spacial score (nSPS) is 14.1. The first-order valence-corrected chi connectivity index (χ1v) is 5.22. The van der Waals surface area contributed by atoms with Crippen LogP contribution in [0.15, 0.2) is 0 Å². The Labute approximate surface area is 62.9 Å². The molecule has 0 aliphatic carbocycles. The third-order valence-corrected chi connectivity index (χ3v) is 3.81. The van der Waals surface area contributed by atoms with E-state index in [0.29, 0.717) is 0 Å². The lowest BCUT2D eigenvalue weighted by Crippen LogP contribution is -2.25. The maximum absolute atomic E-state index is 4.86. The monoisotopic (exact) mass is 169 g/mol. The van der Waals surface area contributed by atoms with Gasteiger partial charge in [-0.25, -0.2) is 4.08 Å². The smallest absolute Gasteiger partial charge is 0.0270 e. The van der Waals surface area contributed by atoms with Gasteiger partial charge < -0.3 is 0 Å². The topological polar surface area (TPSA) is 3.24 Å². The molecular formula is C4H12NPS2. The highest BCUT2D eigenvalue weighted by Gasteiger charge is 2.13. The van der Waals surface area contributed by atoms with Gasteiger partial charge in [0, 0.05) is 13.0 Å². The molecule has 1 unspecified atom stereocenters. The van der Waals surface area contributed by atoms with Crippen LogP contribution in [0.4, 0.5) is 0 Å². The highest BCUT2D eigenvalue weighted by atomic mass is 32.4. The Morgan fingerprint density at radius 3 is 1.88 bits per heavy atom. The van der Waals surface area contributed by atoms with Crippen molar-refractivity contribution in [1.82, 2.24) is 4.08 Å². The number of hydrogen-bond donors (Lipinski definition) is 1. The van der Waals surface area contributed by atoms with Gasteiger partial charge in [-0.15, -0.1) is 0 Å². The third kappa shape index (κ3) is 3.08.